The summed E-state index contributed by atoms with van der Waals surface area (Å²) < 4.78 is 65.7. The lowest BCUT2D eigenvalue weighted by atomic mass is 10.0. The molecular formula is C25H31F3N6O4S2. The Hall–Kier alpha value is -2.59. The minimum absolute atomic E-state index is 0.0105. The first-order valence-electron chi connectivity index (χ1n) is 12.9. The number of sulfonamides is 1. The number of thiazole rings is 1. The van der Waals surface area contributed by atoms with Gasteiger partial charge >= 0.3 is 6.18 Å². The van der Waals surface area contributed by atoms with Crippen LogP contribution in [0.2, 0.25) is 0 Å². The molecule has 2 fully saturated rings. The van der Waals surface area contributed by atoms with Gasteiger partial charge in [-0.2, -0.15) is 18.2 Å². The molecule has 40 heavy (non-hydrogen) atoms. The van der Waals surface area contributed by atoms with Crippen molar-refractivity contribution in [3.63, 3.8) is 0 Å². The van der Waals surface area contributed by atoms with Crippen molar-refractivity contribution in [2.24, 2.45) is 11.8 Å². The molecule has 10 nitrogen and oxygen atoms in total. The van der Waals surface area contributed by atoms with Gasteiger partial charge in [0.1, 0.15) is 23.5 Å². The van der Waals surface area contributed by atoms with Crippen LogP contribution in [0, 0.1) is 18.8 Å². The number of aliphatic hydroxyl groups is 2. The van der Waals surface area contributed by atoms with E-state index in [9.17, 15) is 31.8 Å². The van der Waals surface area contributed by atoms with Gasteiger partial charge in [0.2, 0.25) is 16.0 Å². The van der Waals surface area contributed by atoms with Crippen molar-refractivity contribution in [2.75, 3.05) is 36.5 Å². The molecule has 2 aliphatic rings. The van der Waals surface area contributed by atoms with Gasteiger partial charge in [0, 0.05) is 19.0 Å². The van der Waals surface area contributed by atoms with Crippen molar-refractivity contribution in [3.05, 3.63) is 30.0 Å². The molecule has 1 aromatic carbocycles. The number of nitrogens with zero attached hydrogens (tertiary/aromatic N) is 4. The van der Waals surface area contributed by atoms with Crippen LogP contribution in [-0.2, 0) is 10.0 Å². The second-order valence-corrected chi connectivity index (χ2v) is 13.6. The Morgan fingerprint density at radius 2 is 1.88 bits per heavy atom. The summed E-state index contributed by atoms with van der Waals surface area (Å²) in [5.74, 6) is -0.560. The summed E-state index contributed by atoms with van der Waals surface area (Å²) in [7, 11) is -3.52. The third kappa shape index (κ3) is 6.48. The molecule has 2 aromatic heterocycles. The van der Waals surface area contributed by atoms with Crippen LogP contribution < -0.4 is 10.6 Å². The number of hydrogen-bond acceptors (Lipinski definition) is 10. The molecule has 2 aliphatic carbocycles. The summed E-state index contributed by atoms with van der Waals surface area (Å²) in [5.41, 5.74) is -0.500. The third-order valence-electron chi connectivity index (χ3n) is 7.28. The largest absolute Gasteiger partial charge is 0.405 e. The van der Waals surface area contributed by atoms with E-state index in [-0.39, 0.29) is 24.7 Å². The average Bonchev–Trinajstić information content (AvgIpc) is 3.51. The maximum atomic E-state index is 12.9. The van der Waals surface area contributed by atoms with Crippen LogP contribution >= 0.6 is 11.3 Å². The molecule has 0 aliphatic heterocycles. The molecule has 0 amide bonds. The van der Waals surface area contributed by atoms with Gasteiger partial charge in [-0.1, -0.05) is 12.1 Å². The molecular weight excluding hydrogens is 569 g/mol. The topological polar surface area (TPSA) is 141 Å². The van der Waals surface area contributed by atoms with Crippen LogP contribution in [0.5, 0.6) is 0 Å². The Morgan fingerprint density at radius 1 is 1.15 bits per heavy atom. The van der Waals surface area contributed by atoms with Gasteiger partial charge in [-0.25, -0.2) is 22.7 Å². The molecule has 15 heteroatoms. The number of hydrogen-bond donors (Lipinski definition) is 4. The van der Waals surface area contributed by atoms with E-state index in [1.54, 1.807) is 6.92 Å². The van der Waals surface area contributed by atoms with Crippen LogP contribution in [-0.4, -0.2) is 81.8 Å². The zero-order valence-corrected chi connectivity index (χ0v) is 23.6. The van der Waals surface area contributed by atoms with E-state index in [4.69, 9.17) is 0 Å². The Kier molecular flexibility index (Phi) is 7.72. The monoisotopic (exact) mass is 600 g/mol. The van der Waals surface area contributed by atoms with Gasteiger partial charge in [-0.15, -0.1) is 11.3 Å². The van der Waals surface area contributed by atoms with Crippen molar-refractivity contribution in [2.45, 2.75) is 50.6 Å². The first-order chi connectivity index (χ1) is 18.7. The van der Waals surface area contributed by atoms with Crippen LogP contribution in [0.1, 0.15) is 31.4 Å². The van der Waals surface area contributed by atoms with E-state index >= 15 is 0 Å². The fourth-order valence-corrected chi connectivity index (χ4v) is 6.99. The molecule has 2 saturated carbocycles. The molecule has 0 unspecified atom stereocenters. The molecule has 0 bridgehead atoms. The number of benzene rings is 1. The number of halogens is 3. The van der Waals surface area contributed by atoms with Crippen molar-refractivity contribution >= 4 is 43.3 Å². The minimum Gasteiger partial charge on any atom is -0.388 e. The number of aliphatic hydroxyl groups excluding tert-OH is 1. The first kappa shape index (κ1) is 28.9. The summed E-state index contributed by atoms with van der Waals surface area (Å²) in [6.45, 7) is 0.665. The lowest BCUT2D eigenvalue weighted by Crippen LogP contribution is -2.49. The van der Waals surface area contributed by atoms with E-state index in [0.717, 1.165) is 23.8 Å². The Labute approximate surface area is 233 Å². The summed E-state index contributed by atoms with van der Waals surface area (Å²) in [6, 6.07) is 7.40. The molecule has 0 spiro atoms. The van der Waals surface area contributed by atoms with Crippen LogP contribution in [0.25, 0.3) is 20.8 Å². The highest BCUT2D eigenvalue weighted by atomic mass is 32.2. The Balaban J connectivity index is 1.46. The van der Waals surface area contributed by atoms with Gasteiger partial charge < -0.3 is 20.8 Å². The van der Waals surface area contributed by atoms with E-state index in [2.05, 4.69) is 25.6 Å². The second-order valence-electron chi connectivity index (χ2n) is 10.6. The number of fused-ring (bicyclic) bond motifs is 1. The van der Waals surface area contributed by atoms with E-state index in [0.29, 0.717) is 40.7 Å². The molecule has 2 heterocycles. The highest BCUT2D eigenvalue weighted by Gasteiger charge is 2.48. The molecule has 3 atom stereocenters. The standard InChI is InChI=1S/C25H31F3N6O4S2/c1-14-19(22-31-17-5-3-4-6-18(17)39-22)21(32-23(30-14)29-13-25(26,27)28)33-24(36)10-9-16(20(24)35)12-34(40(2,37)38)11-15-7-8-15/h3-6,15-16,20,35-36H,7-13H2,1-2H3,(H2,29,30,32,33)/t16-,20+,24+/m0/s1. The average molecular weight is 601 g/mol. The summed E-state index contributed by atoms with van der Waals surface area (Å²) in [5, 5.41) is 28.3. The first-order valence-corrected chi connectivity index (χ1v) is 15.6. The number of nitrogens with one attached hydrogen (secondary N) is 2. The van der Waals surface area contributed by atoms with Crippen molar-refractivity contribution in [1.29, 1.82) is 0 Å². The third-order valence-corrected chi connectivity index (χ3v) is 9.57. The predicted molar refractivity (Wildman–Crippen MR) is 146 cm³/mol. The highest BCUT2D eigenvalue weighted by Crippen LogP contribution is 2.41. The van der Waals surface area contributed by atoms with Gasteiger partial charge in [0.15, 0.2) is 5.72 Å². The van der Waals surface area contributed by atoms with Crippen LogP contribution in [0.3, 0.4) is 0 Å². The molecule has 0 saturated heterocycles. The molecule has 218 valence electrons. The van der Waals surface area contributed by atoms with Crippen LogP contribution in [0.15, 0.2) is 24.3 Å². The van der Waals surface area contributed by atoms with Gasteiger partial charge in [-0.3, -0.25) is 0 Å². The number of aromatic nitrogens is 3. The summed E-state index contributed by atoms with van der Waals surface area (Å²) in [6.07, 6.45) is -2.45. The number of alkyl halides is 3. The van der Waals surface area contributed by atoms with E-state index < -0.39 is 40.5 Å². The summed E-state index contributed by atoms with van der Waals surface area (Å²) in [4.78, 5) is 13.1. The predicted octanol–water partition coefficient (Wildman–Crippen LogP) is 3.58. The second kappa shape index (κ2) is 10.7. The maximum Gasteiger partial charge on any atom is 0.405 e. The SMILES string of the molecule is Cc1nc(NCC(F)(F)F)nc(N[C@@]2(O)CC[C@@H](CN(CC3CC3)S(C)(=O)=O)[C@H]2O)c1-c1nc2ccccc2s1. The summed E-state index contributed by atoms with van der Waals surface area (Å²) >= 11 is 1.33. The highest BCUT2D eigenvalue weighted by molar-refractivity contribution is 7.88. The molecule has 5 rings (SSSR count). The lowest BCUT2D eigenvalue weighted by molar-refractivity contribution is -0.115. The lowest BCUT2D eigenvalue weighted by Gasteiger charge is -2.32. The maximum absolute atomic E-state index is 12.9. The number of anilines is 2. The zero-order valence-electron chi connectivity index (χ0n) is 21.9. The fourth-order valence-electron chi connectivity index (χ4n) is 4.99. The zero-order chi connectivity index (χ0) is 28.9. The quantitative estimate of drug-likeness (QED) is 0.257. The number of para-hydroxylation sites is 1. The van der Waals surface area contributed by atoms with E-state index in [1.807, 2.05) is 24.3 Å². The van der Waals surface area contributed by atoms with Gasteiger partial charge in [0.25, 0.3) is 0 Å². The number of aryl methyl sites for hydroxylation is 1. The van der Waals surface area contributed by atoms with Crippen molar-refractivity contribution < 1.29 is 31.8 Å². The number of rotatable bonds is 10. The molecule has 0 radical (unpaired) electrons. The van der Waals surface area contributed by atoms with Crippen molar-refractivity contribution in [3.8, 4) is 10.6 Å². The van der Waals surface area contributed by atoms with E-state index in [1.165, 1.54) is 15.6 Å². The Morgan fingerprint density at radius 3 is 2.52 bits per heavy atom. The smallest absolute Gasteiger partial charge is 0.388 e. The van der Waals surface area contributed by atoms with Crippen LogP contribution in [0.4, 0.5) is 24.9 Å². The van der Waals surface area contributed by atoms with Gasteiger partial charge in [0.05, 0.1) is 27.7 Å². The molecule has 4 N–H and O–H groups in total. The Bertz CT molecular complexity index is 1460. The normalized spacial score (nSPS) is 23.7. The van der Waals surface area contributed by atoms with Crippen molar-refractivity contribution in [1.82, 2.24) is 19.3 Å². The van der Waals surface area contributed by atoms with Gasteiger partial charge in [-0.05, 0) is 50.7 Å². The fraction of sp³-hybridized carbons (Fsp3) is 0.560. The minimum atomic E-state index is -4.50. The molecule has 3 aromatic rings.